The Morgan fingerprint density at radius 1 is 1.23 bits per heavy atom. The third kappa shape index (κ3) is 5.45. The minimum absolute atomic E-state index is 0.189. The highest BCUT2D eigenvalue weighted by Gasteiger charge is 2.22. The molecule has 3 rings (SSSR count). The Kier molecular flexibility index (Phi) is 6.43. The predicted octanol–water partition coefficient (Wildman–Crippen LogP) is 1.34. The lowest BCUT2D eigenvalue weighted by molar-refractivity contribution is 0.132. The summed E-state index contributed by atoms with van der Waals surface area (Å²) in [6.07, 6.45) is 4.58. The molecule has 8 heteroatoms. The largest absolute Gasteiger partial charge is 0.340 e. The molecule has 1 aromatic carbocycles. The molecule has 1 aliphatic heterocycles. The zero-order valence-electron chi connectivity index (χ0n) is 14.8. The van der Waals surface area contributed by atoms with E-state index in [1.807, 2.05) is 6.07 Å². The molecule has 1 aliphatic rings. The Bertz CT molecular complexity index is 741. The Balaban J connectivity index is 1.40. The molecule has 0 aliphatic carbocycles. The first-order valence-electron chi connectivity index (χ1n) is 9.14. The Hall–Kier alpha value is -2.61. The number of nitrogens with zero attached hydrogens (tertiary/aromatic N) is 2. The van der Waals surface area contributed by atoms with E-state index in [-0.39, 0.29) is 18.3 Å². The number of carbonyl (C=O) groups is 1. The van der Waals surface area contributed by atoms with Gasteiger partial charge in [-0.3, -0.25) is 9.88 Å². The molecule has 2 aromatic rings. The number of aromatic amines is 2. The van der Waals surface area contributed by atoms with E-state index >= 15 is 0 Å². The van der Waals surface area contributed by atoms with Crippen molar-refractivity contribution in [3.63, 3.8) is 0 Å². The zero-order valence-corrected chi connectivity index (χ0v) is 14.8. The lowest BCUT2D eigenvalue weighted by Gasteiger charge is -2.36. The van der Waals surface area contributed by atoms with E-state index in [1.165, 1.54) is 24.8 Å². The van der Waals surface area contributed by atoms with Gasteiger partial charge in [-0.2, -0.15) is 5.10 Å². The number of carbonyl (C=O) groups excluding carboxylic acids is 1. The van der Waals surface area contributed by atoms with Crippen LogP contribution in [0.4, 0.5) is 4.79 Å². The quantitative estimate of drug-likeness (QED) is 0.599. The van der Waals surface area contributed by atoms with E-state index in [2.05, 4.69) is 55.0 Å². The van der Waals surface area contributed by atoms with Crippen LogP contribution >= 0.6 is 0 Å². The summed E-state index contributed by atoms with van der Waals surface area (Å²) in [5, 5.41) is 11.6. The second-order valence-corrected chi connectivity index (χ2v) is 6.63. The van der Waals surface area contributed by atoms with Crippen LogP contribution in [0.15, 0.2) is 35.1 Å². The summed E-state index contributed by atoms with van der Waals surface area (Å²) in [5.41, 5.74) is 0.955. The predicted molar refractivity (Wildman–Crippen MR) is 98.6 cm³/mol. The first-order chi connectivity index (χ1) is 12.7. The van der Waals surface area contributed by atoms with Crippen LogP contribution < -0.4 is 16.3 Å². The van der Waals surface area contributed by atoms with Crippen LogP contribution in [-0.4, -0.2) is 45.2 Å². The van der Waals surface area contributed by atoms with Crippen LogP contribution in [0.1, 0.15) is 37.1 Å². The van der Waals surface area contributed by atoms with E-state index in [1.54, 1.807) is 0 Å². The molecule has 0 bridgehead atoms. The molecule has 1 saturated heterocycles. The third-order valence-corrected chi connectivity index (χ3v) is 4.71. The first kappa shape index (κ1) is 18.2. The van der Waals surface area contributed by atoms with Crippen molar-refractivity contribution >= 4 is 6.03 Å². The number of H-pyrrole nitrogens is 2. The van der Waals surface area contributed by atoms with Crippen LogP contribution in [0, 0.1) is 0 Å². The lowest BCUT2D eigenvalue weighted by atomic mass is 9.98. The van der Waals surface area contributed by atoms with Crippen molar-refractivity contribution in [1.29, 1.82) is 0 Å². The standard InChI is InChI=1S/C18H26N6O2/c25-17(20-12-16-21-18(26)23-22-16)19-10-9-15-8-4-5-11-24(15)13-14-6-2-1-3-7-14/h1-3,6-7,15H,4-5,8-13H2,(H2,19,20,25)(H2,21,22,23,26)/t15-/m1/s1. The van der Waals surface area contributed by atoms with Crippen molar-refractivity contribution in [3.05, 3.63) is 52.2 Å². The molecule has 0 saturated carbocycles. The average Bonchev–Trinajstić information content (AvgIpc) is 3.08. The molecule has 0 radical (unpaired) electrons. The molecule has 0 spiro atoms. The number of aromatic nitrogens is 3. The number of benzene rings is 1. The second kappa shape index (κ2) is 9.19. The van der Waals surface area contributed by atoms with Crippen molar-refractivity contribution in [2.75, 3.05) is 13.1 Å². The number of amides is 2. The highest BCUT2D eigenvalue weighted by atomic mass is 16.2. The van der Waals surface area contributed by atoms with Crippen LogP contribution in [0.2, 0.25) is 0 Å². The molecular formula is C18H26N6O2. The van der Waals surface area contributed by atoms with E-state index in [4.69, 9.17) is 0 Å². The Morgan fingerprint density at radius 3 is 2.85 bits per heavy atom. The molecule has 2 amide bonds. The van der Waals surface area contributed by atoms with E-state index in [0.29, 0.717) is 18.4 Å². The molecule has 1 atom stereocenters. The van der Waals surface area contributed by atoms with Crippen molar-refractivity contribution in [2.45, 2.75) is 44.8 Å². The van der Waals surface area contributed by atoms with Gasteiger partial charge in [0, 0.05) is 19.1 Å². The van der Waals surface area contributed by atoms with Crippen molar-refractivity contribution in [1.82, 2.24) is 30.7 Å². The molecule has 2 heterocycles. The number of piperidine rings is 1. The Labute approximate surface area is 152 Å². The second-order valence-electron chi connectivity index (χ2n) is 6.63. The van der Waals surface area contributed by atoms with Crippen molar-refractivity contribution in [3.8, 4) is 0 Å². The summed E-state index contributed by atoms with van der Waals surface area (Å²) in [7, 11) is 0. The third-order valence-electron chi connectivity index (χ3n) is 4.71. The minimum Gasteiger partial charge on any atom is -0.338 e. The van der Waals surface area contributed by atoms with Gasteiger partial charge >= 0.3 is 11.7 Å². The maximum Gasteiger partial charge on any atom is 0.340 e. The van der Waals surface area contributed by atoms with Gasteiger partial charge in [0.2, 0.25) is 0 Å². The number of hydrogen-bond donors (Lipinski definition) is 4. The first-order valence-corrected chi connectivity index (χ1v) is 9.14. The monoisotopic (exact) mass is 358 g/mol. The van der Waals surface area contributed by atoms with Crippen molar-refractivity contribution in [2.24, 2.45) is 0 Å². The van der Waals surface area contributed by atoms with Gasteiger partial charge in [0.15, 0.2) is 0 Å². The smallest absolute Gasteiger partial charge is 0.338 e. The SMILES string of the molecule is O=C(NCC[C@H]1CCCCN1Cc1ccccc1)NCc1n[nH]c(=O)[nH]1. The number of hydrogen-bond acceptors (Lipinski definition) is 4. The molecule has 0 unspecified atom stereocenters. The number of urea groups is 1. The van der Waals surface area contributed by atoms with Gasteiger partial charge in [0.05, 0.1) is 6.54 Å². The van der Waals surface area contributed by atoms with Crippen LogP contribution in [0.3, 0.4) is 0 Å². The fraction of sp³-hybridized carbons (Fsp3) is 0.500. The van der Waals surface area contributed by atoms with Gasteiger partial charge in [0.1, 0.15) is 5.82 Å². The van der Waals surface area contributed by atoms with Gasteiger partial charge in [0.25, 0.3) is 0 Å². The fourth-order valence-electron chi connectivity index (χ4n) is 3.38. The minimum atomic E-state index is -0.377. The van der Waals surface area contributed by atoms with Crippen LogP contribution in [0.5, 0.6) is 0 Å². The molecule has 4 N–H and O–H groups in total. The number of nitrogens with one attached hydrogen (secondary N) is 4. The number of rotatable bonds is 7. The Morgan fingerprint density at radius 2 is 2.08 bits per heavy atom. The molecule has 140 valence electrons. The fourth-order valence-corrected chi connectivity index (χ4v) is 3.38. The van der Waals surface area contributed by atoms with Crippen molar-refractivity contribution < 1.29 is 4.79 Å². The summed E-state index contributed by atoms with van der Waals surface area (Å²) in [6.45, 7) is 2.88. The van der Waals surface area contributed by atoms with Gasteiger partial charge in [-0.05, 0) is 31.4 Å². The van der Waals surface area contributed by atoms with E-state index < -0.39 is 0 Å². The molecule has 1 fully saturated rings. The average molecular weight is 358 g/mol. The van der Waals surface area contributed by atoms with E-state index in [9.17, 15) is 9.59 Å². The van der Waals surface area contributed by atoms with Crippen LogP contribution in [-0.2, 0) is 13.1 Å². The highest BCUT2D eigenvalue weighted by Crippen LogP contribution is 2.21. The zero-order chi connectivity index (χ0) is 18.2. The molecule has 26 heavy (non-hydrogen) atoms. The summed E-state index contributed by atoms with van der Waals surface area (Å²) in [6, 6.07) is 10.8. The van der Waals surface area contributed by atoms with Gasteiger partial charge in [-0.15, -0.1) is 0 Å². The maximum absolute atomic E-state index is 11.9. The highest BCUT2D eigenvalue weighted by molar-refractivity contribution is 5.73. The summed E-state index contributed by atoms with van der Waals surface area (Å²) >= 11 is 0. The topological polar surface area (TPSA) is 106 Å². The normalized spacial score (nSPS) is 17.8. The number of likely N-dealkylation sites (tertiary alicyclic amines) is 1. The summed E-state index contributed by atoms with van der Waals surface area (Å²) in [5.74, 6) is 0.409. The maximum atomic E-state index is 11.9. The summed E-state index contributed by atoms with van der Waals surface area (Å²) in [4.78, 5) is 27.8. The molecular weight excluding hydrogens is 332 g/mol. The lowest BCUT2D eigenvalue weighted by Crippen LogP contribution is -2.42. The van der Waals surface area contributed by atoms with Gasteiger partial charge < -0.3 is 10.6 Å². The van der Waals surface area contributed by atoms with Gasteiger partial charge in [-0.25, -0.2) is 14.7 Å². The summed E-state index contributed by atoms with van der Waals surface area (Å²) < 4.78 is 0. The molecule has 8 nitrogen and oxygen atoms in total. The van der Waals surface area contributed by atoms with Gasteiger partial charge in [-0.1, -0.05) is 36.8 Å². The molecule has 1 aromatic heterocycles. The van der Waals surface area contributed by atoms with E-state index in [0.717, 1.165) is 19.5 Å². The van der Waals surface area contributed by atoms with Crippen LogP contribution in [0.25, 0.3) is 0 Å².